The van der Waals surface area contributed by atoms with Gasteiger partial charge in [-0.15, -0.1) is 0 Å². The van der Waals surface area contributed by atoms with E-state index in [0.29, 0.717) is 24.4 Å². The average Bonchev–Trinajstić information content (AvgIpc) is 2.99. The molecular formula is C11H12N6O3. The molecule has 0 spiro atoms. The molecule has 0 aliphatic carbocycles. The van der Waals surface area contributed by atoms with Crippen molar-refractivity contribution >= 4 is 11.7 Å². The highest BCUT2D eigenvalue weighted by Gasteiger charge is 2.08. The first-order chi connectivity index (χ1) is 9.70. The number of rotatable bonds is 5. The molecule has 0 aliphatic heterocycles. The molecule has 0 saturated heterocycles. The summed E-state index contributed by atoms with van der Waals surface area (Å²) in [5.74, 6) is 0.0389. The summed E-state index contributed by atoms with van der Waals surface area (Å²) in [6, 6.07) is 3.02. The van der Waals surface area contributed by atoms with Gasteiger partial charge in [0.25, 0.3) is 5.91 Å². The van der Waals surface area contributed by atoms with Gasteiger partial charge >= 0.3 is 0 Å². The van der Waals surface area contributed by atoms with Gasteiger partial charge in [-0.1, -0.05) is 10.3 Å². The zero-order chi connectivity index (χ0) is 14.4. The number of pyridine rings is 1. The summed E-state index contributed by atoms with van der Waals surface area (Å²) in [5.41, 5.74) is 6.04. The molecule has 9 heteroatoms. The first-order valence-corrected chi connectivity index (χ1v) is 5.68. The van der Waals surface area contributed by atoms with Crippen molar-refractivity contribution in [1.29, 1.82) is 0 Å². The SMILES string of the molecule is N/C(=N/O)c1ccc(C(=O)NCCc2ncno2)nc1. The zero-order valence-electron chi connectivity index (χ0n) is 10.4. The lowest BCUT2D eigenvalue weighted by Gasteiger charge is -2.03. The Morgan fingerprint density at radius 3 is 2.90 bits per heavy atom. The van der Waals surface area contributed by atoms with Crippen LogP contribution in [0, 0.1) is 0 Å². The molecule has 0 atom stereocenters. The lowest BCUT2D eigenvalue weighted by atomic mass is 10.2. The largest absolute Gasteiger partial charge is 0.409 e. The molecule has 20 heavy (non-hydrogen) atoms. The number of carbonyl (C=O) groups excluding carboxylic acids is 1. The van der Waals surface area contributed by atoms with Gasteiger partial charge in [-0.25, -0.2) is 0 Å². The van der Waals surface area contributed by atoms with Crippen molar-refractivity contribution in [3.05, 3.63) is 41.8 Å². The van der Waals surface area contributed by atoms with E-state index in [-0.39, 0.29) is 17.4 Å². The van der Waals surface area contributed by atoms with Crippen LogP contribution in [0.3, 0.4) is 0 Å². The summed E-state index contributed by atoms with van der Waals surface area (Å²) in [7, 11) is 0. The molecule has 0 aromatic carbocycles. The van der Waals surface area contributed by atoms with Crippen LogP contribution in [0.15, 0.2) is 34.3 Å². The normalized spacial score (nSPS) is 11.3. The fraction of sp³-hybridized carbons (Fsp3) is 0.182. The quantitative estimate of drug-likeness (QED) is 0.290. The lowest BCUT2D eigenvalue weighted by Crippen LogP contribution is -2.26. The monoisotopic (exact) mass is 276 g/mol. The molecule has 4 N–H and O–H groups in total. The highest BCUT2D eigenvalue weighted by Crippen LogP contribution is 2.00. The van der Waals surface area contributed by atoms with Gasteiger partial charge in [0.05, 0.1) is 0 Å². The summed E-state index contributed by atoms with van der Waals surface area (Å²) in [4.78, 5) is 19.5. The van der Waals surface area contributed by atoms with Gasteiger partial charge in [-0.05, 0) is 12.1 Å². The maximum Gasteiger partial charge on any atom is 0.269 e. The molecule has 0 fully saturated rings. The number of carbonyl (C=O) groups is 1. The number of amides is 1. The summed E-state index contributed by atoms with van der Waals surface area (Å²) in [6.45, 7) is 0.352. The van der Waals surface area contributed by atoms with Gasteiger partial charge < -0.3 is 20.8 Å². The van der Waals surface area contributed by atoms with E-state index in [0.717, 1.165) is 0 Å². The van der Waals surface area contributed by atoms with Crippen molar-refractivity contribution in [2.45, 2.75) is 6.42 Å². The van der Waals surface area contributed by atoms with Gasteiger partial charge in [0.1, 0.15) is 5.69 Å². The highest BCUT2D eigenvalue weighted by atomic mass is 16.5. The fourth-order valence-electron chi connectivity index (χ4n) is 1.42. The smallest absolute Gasteiger partial charge is 0.269 e. The Morgan fingerprint density at radius 1 is 1.45 bits per heavy atom. The predicted octanol–water partition coefficient (Wildman–Crippen LogP) is -0.468. The number of nitrogens with zero attached hydrogens (tertiary/aromatic N) is 4. The molecule has 0 saturated carbocycles. The molecule has 2 aromatic rings. The first kappa shape index (κ1) is 13.5. The van der Waals surface area contributed by atoms with Crippen molar-refractivity contribution in [3.63, 3.8) is 0 Å². The van der Waals surface area contributed by atoms with Crippen LogP contribution in [-0.2, 0) is 6.42 Å². The minimum atomic E-state index is -0.337. The Morgan fingerprint density at radius 2 is 2.30 bits per heavy atom. The molecule has 104 valence electrons. The number of aromatic nitrogens is 3. The third-order valence-electron chi connectivity index (χ3n) is 2.43. The van der Waals surface area contributed by atoms with Crippen LogP contribution in [0.2, 0.25) is 0 Å². The third kappa shape index (κ3) is 3.28. The zero-order valence-corrected chi connectivity index (χ0v) is 10.4. The fourth-order valence-corrected chi connectivity index (χ4v) is 1.42. The Labute approximate surface area is 113 Å². The van der Waals surface area contributed by atoms with Crippen LogP contribution in [0.5, 0.6) is 0 Å². The van der Waals surface area contributed by atoms with Crippen molar-refractivity contribution in [1.82, 2.24) is 20.4 Å². The summed E-state index contributed by atoms with van der Waals surface area (Å²) < 4.78 is 4.80. The van der Waals surface area contributed by atoms with Crippen molar-refractivity contribution < 1.29 is 14.5 Å². The predicted molar refractivity (Wildman–Crippen MR) is 67.1 cm³/mol. The number of oxime groups is 1. The molecule has 2 aromatic heterocycles. The minimum absolute atomic E-state index is 0.0687. The first-order valence-electron chi connectivity index (χ1n) is 5.68. The molecule has 1 amide bonds. The number of nitrogens with two attached hydrogens (primary N) is 1. The second kappa shape index (κ2) is 6.27. The van der Waals surface area contributed by atoms with Crippen molar-refractivity contribution in [3.8, 4) is 0 Å². The number of hydrogen-bond donors (Lipinski definition) is 3. The number of hydrogen-bond acceptors (Lipinski definition) is 7. The second-order valence-electron chi connectivity index (χ2n) is 3.76. The topological polar surface area (TPSA) is 140 Å². The van der Waals surface area contributed by atoms with Crippen LogP contribution < -0.4 is 11.1 Å². The highest BCUT2D eigenvalue weighted by molar-refractivity contribution is 5.98. The van der Waals surface area contributed by atoms with E-state index in [1.54, 1.807) is 0 Å². The van der Waals surface area contributed by atoms with E-state index in [2.05, 4.69) is 25.6 Å². The second-order valence-corrected chi connectivity index (χ2v) is 3.76. The van der Waals surface area contributed by atoms with Gasteiger partial charge in [-0.2, -0.15) is 4.98 Å². The van der Waals surface area contributed by atoms with Crippen LogP contribution in [-0.4, -0.2) is 38.6 Å². The lowest BCUT2D eigenvalue weighted by molar-refractivity contribution is 0.0948. The molecular weight excluding hydrogens is 264 g/mol. The van der Waals surface area contributed by atoms with Crippen molar-refractivity contribution in [2.24, 2.45) is 10.9 Å². The van der Waals surface area contributed by atoms with E-state index < -0.39 is 0 Å². The van der Waals surface area contributed by atoms with Crippen molar-refractivity contribution in [2.75, 3.05) is 6.54 Å². The van der Waals surface area contributed by atoms with Gasteiger partial charge in [-0.3, -0.25) is 9.78 Å². The maximum absolute atomic E-state index is 11.8. The molecule has 2 rings (SSSR count). The van der Waals surface area contributed by atoms with Crippen LogP contribution >= 0.6 is 0 Å². The van der Waals surface area contributed by atoms with E-state index >= 15 is 0 Å². The molecule has 0 bridgehead atoms. The minimum Gasteiger partial charge on any atom is -0.409 e. The average molecular weight is 276 g/mol. The molecule has 0 aliphatic rings. The Balaban J connectivity index is 1.89. The van der Waals surface area contributed by atoms with Crippen LogP contribution in [0.1, 0.15) is 21.9 Å². The standard InChI is InChI=1S/C11H12N6O3/c12-10(17-19)7-1-2-8(14-5-7)11(18)13-4-3-9-15-6-16-20-9/h1-2,5-6,19H,3-4H2,(H2,12,17)(H,13,18). The molecule has 0 radical (unpaired) electrons. The van der Waals surface area contributed by atoms with Crippen LogP contribution in [0.4, 0.5) is 0 Å². The molecule has 9 nitrogen and oxygen atoms in total. The molecule has 2 heterocycles. The van der Waals surface area contributed by atoms with E-state index in [4.69, 9.17) is 15.5 Å². The third-order valence-corrected chi connectivity index (χ3v) is 2.43. The molecule has 0 unspecified atom stereocenters. The van der Waals surface area contributed by atoms with Gasteiger partial charge in [0.15, 0.2) is 12.2 Å². The summed E-state index contributed by atoms with van der Waals surface area (Å²) in [6.07, 6.45) is 3.08. The summed E-state index contributed by atoms with van der Waals surface area (Å²) in [5, 5.41) is 17.5. The number of amidine groups is 1. The van der Waals surface area contributed by atoms with Gasteiger partial charge in [0, 0.05) is 24.7 Å². The van der Waals surface area contributed by atoms with E-state index in [1.165, 1.54) is 24.7 Å². The van der Waals surface area contributed by atoms with E-state index in [9.17, 15) is 4.79 Å². The van der Waals surface area contributed by atoms with E-state index in [1.807, 2.05) is 0 Å². The number of nitrogens with one attached hydrogen (secondary N) is 1. The van der Waals surface area contributed by atoms with Gasteiger partial charge in [0.2, 0.25) is 5.89 Å². The Bertz CT molecular complexity index is 593. The Hall–Kier alpha value is -2.97. The maximum atomic E-state index is 11.8. The summed E-state index contributed by atoms with van der Waals surface area (Å²) >= 11 is 0. The van der Waals surface area contributed by atoms with Crippen LogP contribution in [0.25, 0.3) is 0 Å². The Kier molecular flexibility index (Phi) is 4.22.